The van der Waals surface area contributed by atoms with E-state index in [0.29, 0.717) is 13.0 Å². The van der Waals surface area contributed by atoms with Crippen molar-refractivity contribution in [2.75, 3.05) is 33.9 Å². The van der Waals surface area contributed by atoms with Crippen LogP contribution in [0.15, 0.2) is 17.3 Å². The van der Waals surface area contributed by atoms with Gasteiger partial charge in [0, 0.05) is 19.8 Å². The molecule has 2 amide bonds. The van der Waals surface area contributed by atoms with Gasteiger partial charge in [-0.15, -0.1) is 0 Å². The maximum Gasteiger partial charge on any atom is 0.469 e. The van der Waals surface area contributed by atoms with E-state index in [-0.39, 0.29) is 24.6 Å². The fourth-order valence-electron chi connectivity index (χ4n) is 2.07. The third-order valence-electron chi connectivity index (χ3n) is 4.16. The molecule has 0 aliphatic carbocycles. The molecule has 0 aliphatic rings. The molecule has 190 valence electrons. The van der Waals surface area contributed by atoms with Gasteiger partial charge >= 0.3 is 13.8 Å². The Balaban J connectivity index is 4.92. The maximum atomic E-state index is 14.5. The van der Waals surface area contributed by atoms with E-state index in [1.54, 1.807) is 20.9 Å². The summed E-state index contributed by atoms with van der Waals surface area (Å²) in [6.45, 7) is 0.683. The average Bonchev–Trinajstić information content (AvgIpc) is 2.75. The van der Waals surface area contributed by atoms with Crippen LogP contribution in [0, 0.1) is 5.92 Å². The monoisotopic (exact) mass is 498 g/mol. The summed E-state index contributed by atoms with van der Waals surface area (Å²) in [5.74, 6) is -1.89. The van der Waals surface area contributed by atoms with Gasteiger partial charge in [0.2, 0.25) is 6.41 Å². The number of rotatable bonds is 16. The largest absolute Gasteiger partial charge is 0.469 e. The minimum absolute atomic E-state index is 0.0679. The predicted molar refractivity (Wildman–Crippen MR) is 115 cm³/mol. The van der Waals surface area contributed by atoms with Crippen LogP contribution >= 0.6 is 7.82 Å². The van der Waals surface area contributed by atoms with Crippen molar-refractivity contribution in [1.82, 2.24) is 15.5 Å². The standard InChI is InChI=1S/C18H32FN4O9P/c1-5-13(2)14(10-31-33(27,28)29)32-18(19)23(4)9-7-15(21-12-24)22-16(25)11-30-17(26)6-8-20-3/h7,9,12-14,18,20H,5-6,8,10-11H2,1-4H3,(H2,27,28,29)(H,21,22,24,25)/b9-7-. The van der Waals surface area contributed by atoms with Crippen molar-refractivity contribution >= 4 is 31.9 Å². The number of phosphoric ester groups is 1. The zero-order chi connectivity index (χ0) is 25.4. The smallest absolute Gasteiger partial charge is 0.456 e. The quantitative estimate of drug-likeness (QED) is 0.0430. The second kappa shape index (κ2) is 16.4. The molecular weight excluding hydrogens is 466 g/mol. The second-order valence-electron chi connectivity index (χ2n) is 6.80. The molecule has 3 atom stereocenters. The van der Waals surface area contributed by atoms with E-state index in [2.05, 4.69) is 20.1 Å². The lowest BCUT2D eigenvalue weighted by molar-refractivity contribution is -0.172. The summed E-state index contributed by atoms with van der Waals surface area (Å²) in [6, 6.07) is 0. The molecule has 33 heavy (non-hydrogen) atoms. The number of esters is 1. The van der Waals surface area contributed by atoms with Crippen molar-refractivity contribution < 1.29 is 47.1 Å². The fraction of sp³-hybridized carbons (Fsp3) is 0.667. The van der Waals surface area contributed by atoms with Crippen LogP contribution in [-0.4, -0.2) is 85.2 Å². The molecule has 0 heterocycles. The molecule has 0 aromatic rings. The lowest BCUT2D eigenvalue weighted by Gasteiger charge is -2.28. The van der Waals surface area contributed by atoms with Crippen molar-refractivity contribution in [2.45, 2.75) is 39.3 Å². The highest BCUT2D eigenvalue weighted by atomic mass is 31.2. The van der Waals surface area contributed by atoms with E-state index >= 15 is 0 Å². The number of hydrogen-bond donors (Lipinski definition) is 4. The van der Waals surface area contributed by atoms with E-state index in [4.69, 9.17) is 19.3 Å². The second-order valence-corrected chi connectivity index (χ2v) is 8.04. The predicted octanol–water partition coefficient (Wildman–Crippen LogP) is 0.0494. The Hall–Kier alpha value is -2.22. The highest BCUT2D eigenvalue weighted by Crippen LogP contribution is 2.36. The van der Waals surface area contributed by atoms with Gasteiger partial charge in [-0.1, -0.05) is 20.3 Å². The Morgan fingerprint density at radius 1 is 1.33 bits per heavy atom. The topological polar surface area (TPSA) is 176 Å². The van der Waals surface area contributed by atoms with E-state index in [1.165, 1.54) is 7.05 Å². The molecule has 0 bridgehead atoms. The summed E-state index contributed by atoms with van der Waals surface area (Å²) < 4.78 is 39.8. The summed E-state index contributed by atoms with van der Waals surface area (Å²) in [4.78, 5) is 56.0. The highest BCUT2D eigenvalue weighted by Gasteiger charge is 2.26. The molecule has 0 saturated heterocycles. The average molecular weight is 498 g/mol. The molecule has 0 radical (unpaired) electrons. The first kappa shape index (κ1) is 30.8. The lowest BCUT2D eigenvalue weighted by atomic mass is 10.0. The minimum Gasteiger partial charge on any atom is -0.456 e. The summed E-state index contributed by atoms with van der Waals surface area (Å²) in [5, 5.41) is 4.98. The Kier molecular flexibility index (Phi) is 15.3. The summed E-state index contributed by atoms with van der Waals surface area (Å²) in [5.41, 5.74) is 0. The number of ether oxygens (including phenoxy) is 2. The van der Waals surface area contributed by atoms with Crippen LogP contribution in [0.2, 0.25) is 0 Å². The minimum atomic E-state index is -4.76. The molecule has 15 heteroatoms. The van der Waals surface area contributed by atoms with Gasteiger partial charge in [-0.2, -0.15) is 9.38 Å². The highest BCUT2D eigenvalue weighted by molar-refractivity contribution is 7.46. The summed E-state index contributed by atoms with van der Waals surface area (Å²) >= 11 is 0. The van der Waals surface area contributed by atoms with E-state index < -0.39 is 45.5 Å². The summed E-state index contributed by atoms with van der Waals surface area (Å²) in [6.07, 6.45) is 2.01. The van der Waals surface area contributed by atoms with Crippen molar-refractivity contribution in [1.29, 1.82) is 0 Å². The number of amides is 2. The van der Waals surface area contributed by atoms with E-state index in [0.717, 1.165) is 17.2 Å². The number of carbonyl (C=O) groups excluding carboxylic acids is 3. The Bertz CT molecular complexity index is 732. The first-order valence-electron chi connectivity index (χ1n) is 9.94. The van der Waals surface area contributed by atoms with Gasteiger partial charge < -0.3 is 34.8 Å². The SMILES string of the molecule is CCC(C)C(COP(=O)(O)O)OC(F)N(C)/C=C\C(=NC=O)NC(=O)COC(=O)CCNC. The third-order valence-corrected chi connectivity index (χ3v) is 4.65. The van der Waals surface area contributed by atoms with Crippen molar-refractivity contribution in [3.8, 4) is 0 Å². The third kappa shape index (κ3) is 15.3. The number of amidine groups is 1. The van der Waals surface area contributed by atoms with Crippen LogP contribution in [0.3, 0.4) is 0 Å². The van der Waals surface area contributed by atoms with Crippen molar-refractivity contribution in [3.63, 3.8) is 0 Å². The molecule has 0 aromatic carbocycles. The maximum absolute atomic E-state index is 14.5. The normalized spacial score (nSPS) is 15.1. The van der Waals surface area contributed by atoms with Crippen LogP contribution in [0.4, 0.5) is 4.39 Å². The van der Waals surface area contributed by atoms with Crippen LogP contribution in [0.5, 0.6) is 0 Å². The van der Waals surface area contributed by atoms with E-state index in [1.807, 2.05) is 0 Å². The zero-order valence-corrected chi connectivity index (χ0v) is 19.9. The van der Waals surface area contributed by atoms with Crippen LogP contribution in [-0.2, 0) is 32.9 Å². The number of carbonyl (C=O) groups is 3. The van der Waals surface area contributed by atoms with Crippen LogP contribution in [0.25, 0.3) is 0 Å². The Morgan fingerprint density at radius 2 is 2.00 bits per heavy atom. The molecule has 4 N–H and O–H groups in total. The van der Waals surface area contributed by atoms with Gasteiger partial charge in [-0.25, -0.2) is 4.57 Å². The molecule has 0 aromatic heterocycles. The number of nitrogens with zero attached hydrogens (tertiary/aromatic N) is 2. The van der Waals surface area contributed by atoms with Gasteiger partial charge in [0.05, 0.1) is 19.1 Å². The number of hydrogen-bond acceptors (Lipinski definition) is 9. The molecule has 13 nitrogen and oxygen atoms in total. The number of halogens is 1. The Morgan fingerprint density at radius 3 is 2.55 bits per heavy atom. The van der Waals surface area contributed by atoms with Crippen LogP contribution in [0.1, 0.15) is 26.7 Å². The van der Waals surface area contributed by atoms with Crippen molar-refractivity contribution in [3.05, 3.63) is 12.3 Å². The van der Waals surface area contributed by atoms with E-state index in [9.17, 15) is 23.3 Å². The number of alkyl halides is 1. The fourth-order valence-corrected chi connectivity index (χ4v) is 2.41. The molecule has 0 spiro atoms. The van der Waals surface area contributed by atoms with Gasteiger partial charge in [-0.3, -0.25) is 18.9 Å². The zero-order valence-electron chi connectivity index (χ0n) is 19.0. The van der Waals surface area contributed by atoms with Gasteiger partial charge in [0.25, 0.3) is 12.4 Å². The first-order chi connectivity index (χ1) is 15.4. The number of aliphatic imine (C=N–C) groups is 1. The van der Waals surface area contributed by atoms with Crippen molar-refractivity contribution in [2.24, 2.45) is 10.9 Å². The van der Waals surface area contributed by atoms with Gasteiger partial charge in [0.15, 0.2) is 6.61 Å². The molecule has 0 rings (SSSR count). The molecule has 3 unspecified atom stereocenters. The molecular formula is C18H32FN4O9P. The van der Waals surface area contributed by atoms with Gasteiger partial charge in [-0.05, 0) is 19.0 Å². The number of nitrogens with one attached hydrogen (secondary N) is 2. The summed E-state index contributed by atoms with van der Waals surface area (Å²) in [7, 11) is -1.82. The molecule has 0 aliphatic heterocycles. The van der Waals surface area contributed by atoms with Gasteiger partial charge in [0.1, 0.15) is 5.84 Å². The first-order valence-corrected chi connectivity index (χ1v) is 11.5. The Labute approximate surface area is 191 Å². The van der Waals surface area contributed by atoms with Crippen LogP contribution < -0.4 is 10.6 Å². The number of phosphoric acid groups is 1. The molecule has 0 fully saturated rings. The lowest BCUT2D eigenvalue weighted by Crippen LogP contribution is -2.36. The molecule has 0 saturated carbocycles.